The quantitative estimate of drug-likeness (QED) is 0.559. The molecule has 0 aliphatic heterocycles. The lowest BCUT2D eigenvalue weighted by Crippen LogP contribution is -2.35. The minimum absolute atomic E-state index is 0.150. The number of sulfonamides is 1. The van der Waals surface area contributed by atoms with E-state index in [1.807, 2.05) is 13.8 Å². The summed E-state index contributed by atoms with van der Waals surface area (Å²) in [5, 5.41) is 3.10. The van der Waals surface area contributed by atoms with Crippen LogP contribution in [-0.4, -0.2) is 57.8 Å². The lowest BCUT2D eigenvalue weighted by atomic mass is 10.2. The minimum Gasteiger partial charge on any atom is -0.313 e. The van der Waals surface area contributed by atoms with Crippen molar-refractivity contribution >= 4 is 10.0 Å². The number of unbranched alkanes of at least 4 members (excludes halogenated alkanes) is 1. The molecule has 0 spiro atoms. The Morgan fingerprint density at radius 3 is 2.21 bits per heavy atom. The summed E-state index contributed by atoms with van der Waals surface area (Å²) in [6.45, 7) is 10.4. The zero-order valence-corrected chi connectivity index (χ0v) is 13.9. The Balaban J connectivity index is 3.64. The fraction of sp³-hybridized carbons (Fsp3) is 1.00. The molecule has 19 heavy (non-hydrogen) atoms. The highest BCUT2D eigenvalue weighted by Crippen LogP contribution is 1.97. The molecule has 0 radical (unpaired) electrons. The second kappa shape index (κ2) is 9.69. The Kier molecular flexibility index (Phi) is 9.60. The number of nitrogens with one attached hydrogen (secondary N) is 2. The lowest BCUT2D eigenvalue weighted by molar-refractivity contribution is 0.268. The Morgan fingerprint density at radius 2 is 1.68 bits per heavy atom. The topological polar surface area (TPSA) is 61.4 Å². The van der Waals surface area contributed by atoms with Gasteiger partial charge in [-0.2, -0.15) is 0 Å². The van der Waals surface area contributed by atoms with Crippen LogP contribution in [0.5, 0.6) is 0 Å². The summed E-state index contributed by atoms with van der Waals surface area (Å²) in [7, 11) is -1.03. The van der Waals surface area contributed by atoms with Gasteiger partial charge >= 0.3 is 0 Å². The van der Waals surface area contributed by atoms with Gasteiger partial charge in [0.25, 0.3) is 0 Å². The van der Waals surface area contributed by atoms with Crippen LogP contribution in [0.15, 0.2) is 0 Å². The van der Waals surface area contributed by atoms with Gasteiger partial charge in [-0.05, 0) is 40.3 Å². The van der Waals surface area contributed by atoms with E-state index in [9.17, 15) is 8.42 Å². The third kappa shape index (κ3) is 11.4. The molecule has 116 valence electrons. The fourth-order valence-corrected chi connectivity index (χ4v) is 2.51. The number of hydrogen-bond donors (Lipinski definition) is 2. The first-order valence-electron chi connectivity index (χ1n) is 7.15. The predicted octanol–water partition coefficient (Wildman–Crippen LogP) is 1.02. The van der Waals surface area contributed by atoms with Crippen molar-refractivity contribution in [3.8, 4) is 0 Å². The van der Waals surface area contributed by atoms with Crippen molar-refractivity contribution in [2.45, 2.75) is 52.6 Å². The van der Waals surface area contributed by atoms with Crippen LogP contribution < -0.4 is 10.0 Å². The predicted molar refractivity (Wildman–Crippen MR) is 81.9 cm³/mol. The molecule has 0 fully saturated rings. The van der Waals surface area contributed by atoms with Crippen LogP contribution in [-0.2, 0) is 10.0 Å². The standard InChI is InChI=1S/C13H31N3O2S/c1-12(2)14-9-11-19(17,18)15-8-6-7-10-16(5)13(3)4/h12-15H,6-11H2,1-5H3. The van der Waals surface area contributed by atoms with Crippen LogP contribution in [0.25, 0.3) is 0 Å². The van der Waals surface area contributed by atoms with Crippen LogP contribution in [0, 0.1) is 0 Å². The summed E-state index contributed by atoms with van der Waals surface area (Å²) in [5.74, 6) is 0.150. The summed E-state index contributed by atoms with van der Waals surface area (Å²) < 4.78 is 26.0. The second-order valence-electron chi connectivity index (χ2n) is 5.60. The molecule has 0 saturated carbocycles. The van der Waals surface area contributed by atoms with Gasteiger partial charge in [-0.25, -0.2) is 13.1 Å². The molecule has 5 nitrogen and oxygen atoms in total. The van der Waals surface area contributed by atoms with Gasteiger partial charge in [0.05, 0.1) is 5.75 Å². The SMILES string of the molecule is CC(C)NCCS(=O)(=O)NCCCCN(C)C(C)C. The average molecular weight is 293 g/mol. The van der Waals surface area contributed by atoms with Crippen LogP contribution in [0.1, 0.15) is 40.5 Å². The molecular formula is C13H31N3O2S. The van der Waals surface area contributed by atoms with Gasteiger partial charge in [0.15, 0.2) is 0 Å². The smallest absolute Gasteiger partial charge is 0.212 e. The van der Waals surface area contributed by atoms with E-state index in [1.54, 1.807) is 0 Å². The molecule has 2 N–H and O–H groups in total. The molecule has 0 aromatic carbocycles. The van der Waals surface area contributed by atoms with E-state index in [0.29, 0.717) is 25.2 Å². The summed E-state index contributed by atoms with van der Waals surface area (Å²) in [5.41, 5.74) is 0. The second-order valence-corrected chi connectivity index (χ2v) is 7.53. The molecule has 6 heteroatoms. The Bertz CT molecular complexity index is 316. The van der Waals surface area contributed by atoms with E-state index in [2.05, 4.69) is 35.8 Å². The highest BCUT2D eigenvalue weighted by molar-refractivity contribution is 7.89. The maximum absolute atomic E-state index is 11.7. The summed E-state index contributed by atoms with van der Waals surface area (Å²) in [6, 6.07) is 0.862. The third-order valence-corrected chi connectivity index (χ3v) is 4.45. The highest BCUT2D eigenvalue weighted by Gasteiger charge is 2.09. The van der Waals surface area contributed by atoms with E-state index in [1.165, 1.54) is 0 Å². The van der Waals surface area contributed by atoms with Gasteiger partial charge in [-0.3, -0.25) is 0 Å². The Labute approximate surface area is 119 Å². The molecule has 0 bridgehead atoms. The zero-order valence-electron chi connectivity index (χ0n) is 13.1. The van der Waals surface area contributed by atoms with E-state index < -0.39 is 10.0 Å². The maximum atomic E-state index is 11.7. The van der Waals surface area contributed by atoms with Crippen molar-refractivity contribution < 1.29 is 8.42 Å². The molecule has 0 aromatic heterocycles. The first-order valence-corrected chi connectivity index (χ1v) is 8.81. The largest absolute Gasteiger partial charge is 0.313 e. The first-order chi connectivity index (χ1) is 8.74. The van der Waals surface area contributed by atoms with E-state index in [0.717, 1.165) is 19.4 Å². The van der Waals surface area contributed by atoms with E-state index in [-0.39, 0.29) is 5.75 Å². The molecule has 0 heterocycles. The average Bonchev–Trinajstić information content (AvgIpc) is 2.27. The lowest BCUT2D eigenvalue weighted by Gasteiger charge is -2.20. The van der Waals surface area contributed by atoms with Gasteiger partial charge in [0, 0.05) is 25.2 Å². The molecule has 0 amide bonds. The van der Waals surface area contributed by atoms with Crippen molar-refractivity contribution in [3.05, 3.63) is 0 Å². The van der Waals surface area contributed by atoms with Gasteiger partial charge in [-0.1, -0.05) is 13.8 Å². The third-order valence-electron chi connectivity index (χ3n) is 3.06. The van der Waals surface area contributed by atoms with Gasteiger partial charge < -0.3 is 10.2 Å². The normalized spacial score (nSPS) is 12.8. The van der Waals surface area contributed by atoms with E-state index in [4.69, 9.17) is 0 Å². The molecule has 0 aliphatic carbocycles. The van der Waals surface area contributed by atoms with Crippen molar-refractivity contribution in [1.82, 2.24) is 14.9 Å². The van der Waals surface area contributed by atoms with Crippen LogP contribution in [0.3, 0.4) is 0 Å². The molecule has 0 aromatic rings. The van der Waals surface area contributed by atoms with Crippen LogP contribution >= 0.6 is 0 Å². The van der Waals surface area contributed by atoms with Crippen molar-refractivity contribution in [3.63, 3.8) is 0 Å². The molecule has 0 unspecified atom stereocenters. The fourth-order valence-electron chi connectivity index (χ4n) is 1.53. The van der Waals surface area contributed by atoms with E-state index >= 15 is 0 Å². The minimum atomic E-state index is -3.12. The van der Waals surface area contributed by atoms with Gasteiger partial charge in [0.2, 0.25) is 10.0 Å². The highest BCUT2D eigenvalue weighted by atomic mass is 32.2. The first kappa shape index (κ1) is 18.8. The molecule has 0 aliphatic rings. The Hall–Kier alpha value is -0.170. The number of hydrogen-bond acceptors (Lipinski definition) is 4. The van der Waals surface area contributed by atoms with Gasteiger partial charge in [0.1, 0.15) is 0 Å². The number of rotatable bonds is 11. The zero-order chi connectivity index (χ0) is 14.9. The van der Waals surface area contributed by atoms with Crippen molar-refractivity contribution in [2.24, 2.45) is 0 Å². The summed E-state index contributed by atoms with van der Waals surface area (Å²) >= 11 is 0. The molecule has 0 atom stereocenters. The van der Waals surface area contributed by atoms with Crippen LogP contribution in [0.4, 0.5) is 0 Å². The molecule has 0 saturated heterocycles. The van der Waals surface area contributed by atoms with Crippen molar-refractivity contribution in [1.29, 1.82) is 0 Å². The summed E-state index contributed by atoms with van der Waals surface area (Å²) in [4.78, 5) is 2.26. The summed E-state index contributed by atoms with van der Waals surface area (Å²) in [6.07, 6.45) is 1.90. The molecule has 0 rings (SSSR count). The monoisotopic (exact) mass is 293 g/mol. The Morgan fingerprint density at radius 1 is 1.05 bits per heavy atom. The maximum Gasteiger partial charge on any atom is 0.212 e. The van der Waals surface area contributed by atoms with Crippen LogP contribution in [0.2, 0.25) is 0 Å². The van der Waals surface area contributed by atoms with Crippen molar-refractivity contribution in [2.75, 3.05) is 32.4 Å². The molecular weight excluding hydrogens is 262 g/mol. The number of nitrogens with zero attached hydrogens (tertiary/aromatic N) is 1. The van der Waals surface area contributed by atoms with Gasteiger partial charge in [-0.15, -0.1) is 0 Å².